The van der Waals surface area contributed by atoms with Gasteiger partial charge in [-0.25, -0.2) is 0 Å². The van der Waals surface area contributed by atoms with Crippen molar-refractivity contribution >= 4 is 23.4 Å². The monoisotopic (exact) mass is 341 g/mol. The molecule has 0 aliphatic heterocycles. The number of carbonyl (C=O) groups is 1. The number of anilines is 1. The first-order valence-electron chi connectivity index (χ1n) is 6.72. The van der Waals surface area contributed by atoms with Crippen LogP contribution < -0.4 is 10.1 Å². The van der Waals surface area contributed by atoms with Crippen LogP contribution >= 0.6 is 11.8 Å². The lowest BCUT2D eigenvalue weighted by molar-refractivity contribution is -0.274. The van der Waals surface area contributed by atoms with Crippen LogP contribution in [0.1, 0.15) is 6.92 Å². The Balaban J connectivity index is 1.92. The Morgan fingerprint density at radius 1 is 1.09 bits per heavy atom. The van der Waals surface area contributed by atoms with Crippen LogP contribution in [-0.2, 0) is 4.79 Å². The molecule has 0 saturated carbocycles. The maximum atomic E-state index is 12.1. The number of benzene rings is 2. The fourth-order valence-corrected chi connectivity index (χ4v) is 2.63. The summed E-state index contributed by atoms with van der Waals surface area (Å²) in [5, 5.41) is 2.31. The maximum Gasteiger partial charge on any atom is 0.573 e. The van der Waals surface area contributed by atoms with Gasteiger partial charge in [-0.1, -0.05) is 18.2 Å². The lowest BCUT2D eigenvalue weighted by Gasteiger charge is -2.13. The van der Waals surface area contributed by atoms with Crippen molar-refractivity contribution in [3.63, 3.8) is 0 Å². The summed E-state index contributed by atoms with van der Waals surface area (Å²) in [4.78, 5) is 13.0. The van der Waals surface area contributed by atoms with Gasteiger partial charge in [-0.05, 0) is 43.3 Å². The molecule has 0 heterocycles. The molecule has 2 rings (SSSR count). The first-order chi connectivity index (χ1) is 10.8. The molecule has 7 heteroatoms. The molecule has 0 radical (unpaired) electrons. The number of alkyl halides is 3. The highest BCUT2D eigenvalue weighted by Crippen LogP contribution is 2.26. The summed E-state index contributed by atoms with van der Waals surface area (Å²) in [5.74, 6) is -0.564. The first kappa shape index (κ1) is 17.2. The summed E-state index contributed by atoms with van der Waals surface area (Å²) >= 11 is 1.40. The second-order valence-corrected chi connectivity index (χ2v) is 6.05. The lowest BCUT2D eigenvalue weighted by Crippen LogP contribution is -2.22. The average molecular weight is 341 g/mol. The SMILES string of the molecule is C[C@H](Sc1ccccc1)C(=O)Nc1ccc(OC(F)(F)F)cc1. The average Bonchev–Trinajstić information content (AvgIpc) is 2.48. The number of carbonyl (C=O) groups excluding carboxylic acids is 1. The van der Waals surface area contributed by atoms with Gasteiger partial charge in [0, 0.05) is 10.6 Å². The Bertz CT molecular complexity index is 645. The van der Waals surface area contributed by atoms with E-state index in [-0.39, 0.29) is 16.9 Å². The summed E-state index contributed by atoms with van der Waals surface area (Å²) in [6.45, 7) is 1.76. The molecule has 122 valence electrons. The molecular weight excluding hydrogens is 327 g/mol. The van der Waals surface area contributed by atoms with E-state index in [1.165, 1.54) is 23.9 Å². The molecule has 1 N–H and O–H groups in total. The molecule has 23 heavy (non-hydrogen) atoms. The Kier molecular flexibility index (Phi) is 5.54. The standard InChI is InChI=1S/C16H14F3NO2S/c1-11(23-14-5-3-2-4-6-14)15(21)20-12-7-9-13(10-8-12)22-16(17,18)19/h2-11H,1H3,(H,20,21)/t11-/m0/s1. The van der Waals surface area contributed by atoms with Crippen LogP contribution in [0.2, 0.25) is 0 Å². The van der Waals surface area contributed by atoms with E-state index < -0.39 is 6.36 Å². The fourth-order valence-electron chi connectivity index (χ4n) is 1.74. The van der Waals surface area contributed by atoms with Crippen molar-refractivity contribution in [2.75, 3.05) is 5.32 Å². The van der Waals surface area contributed by atoms with Crippen molar-refractivity contribution in [2.24, 2.45) is 0 Å². The molecule has 0 saturated heterocycles. The third kappa shape index (κ3) is 5.86. The molecule has 1 amide bonds. The Labute approximate surface area is 135 Å². The van der Waals surface area contributed by atoms with Crippen LogP contribution in [0, 0.1) is 0 Å². The van der Waals surface area contributed by atoms with Gasteiger partial charge in [-0.2, -0.15) is 0 Å². The molecule has 3 nitrogen and oxygen atoms in total. The molecule has 0 aromatic heterocycles. The van der Waals surface area contributed by atoms with Gasteiger partial charge in [0.15, 0.2) is 0 Å². The van der Waals surface area contributed by atoms with Gasteiger partial charge in [0.1, 0.15) is 5.75 Å². The second-order valence-electron chi connectivity index (χ2n) is 4.63. The highest BCUT2D eigenvalue weighted by Gasteiger charge is 2.31. The zero-order valence-electron chi connectivity index (χ0n) is 12.1. The summed E-state index contributed by atoms with van der Waals surface area (Å²) in [6, 6.07) is 14.5. The van der Waals surface area contributed by atoms with E-state index in [1.54, 1.807) is 6.92 Å². The molecule has 0 bridgehead atoms. The molecule has 0 spiro atoms. The zero-order valence-corrected chi connectivity index (χ0v) is 12.9. The number of thioether (sulfide) groups is 1. The normalized spacial score (nSPS) is 12.5. The quantitative estimate of drug-likeness (QED) is 0.801. The number of rotatable bonds is 5. The van der Waals surface area contributed by atoms with E-state index in [0.717, 1.165) is 17.0 Å². The second kappa shape index (κ2) is 7.41. The molecule has 1 atom stereocenters. The Morgan fingerprint density at radius 3 is 2.26 bits per heavy atom. The van der Waals surface area contributed by atoms with Crippen LogP contribution in [0.15, 0.2) is 59.5 Å². The van der Waals surface area contributed by atoms with Gasteiger partial charge in [-0.15, -0.1) is 24.9 Å². The van der Waals surface area contributed by atoms with Crippen molar-refractivity contribution in [3.05, 3.63) is 54.6 Å². The van der Waals surface area contributed by atoms with Crippen LogP contribution in [-0.4, -0.2) is 17.5 Å². The van der Waals surface area contributed by atoms with Crippen LogP contribution in [0.5, 0.6) is 5.75 Å². The minimum absolute atomic E-state index is 0.233. The van der Waals surface area contributed by atoms with E-state index >= 15 is 0 Å². The molecule has 0 fully saturated rings. The minimum atomic E-state index is -4.73. The number of nitrogens with one attached hydrogen (secondary N) is 1. The summed E-state index contributed by atoms with van der Waals surface area (Å²) in [7, 11) is 0. The van der Waals surface area contributed by atoms with E-state index in [0.29, 0.717) is 5.69 Å². The molecule has 0 aliphatic rings. The van der Waals surface area contributed by atoms with Gasteiger partial charge < -0.3 is 10.1 Å². The predicted molar refractivity (Wildman–Crippen MR) is 83.5 cm³/mol. The Hall–Kier alpha value is -2.15. The largest absolute Gasteiger partial charge is 0.573 e. The van der Waals surface area contributed by atoms with Gasteiger partial charge in [0.05, 0.1) is 5.25 Å². The number of ether oxygens (including phenoxy) is 1. The highest BCUT2D eigenvalue weighted by atomic mass is 32.2. The molecule has 2 aromatic carbocycles. The molecule has 2 aromatic rings. The third-order valence-electron chi connectivity index (χ3n) is 2.78. The van der Waals surface area contributed by atoms with Crippen LogP contribution in [0.25, 0.3) is 0 Å². The topological polar surface area (TPSA) is 38.3 Å². The van der Waals surface area contributed by atoms with Crippen molar-refractivity contribution in [3.8, 4) is 5.75 Å². The summed E-state index contributed by atoms with van der Waals surface area (Å²) < 4.78 is 40.0. The van der Waals surface area contributed by atoms with E-state index in [2.05, 4.69) is 10.1 Å². The smallest absolute Gasteiger partial charge is 0.406 e. The first-order valence-corrected chi connectivity index (χ1v) is 7.60. The number of halogens is 3. The van der Waals surface area contributed by atoms with Gasteiger partial charge in [0.2, 0.25) is 5.91 Å². The van der Waals surface area contributed by atoms with Gasteiger partial charge in [0.25, 0.3) is 0 Å². The Morgan fingerprint density at radius 2 is 1.70 bits per heavy atom. The van der Waals surface area contributed by atoms with E-state index in [1.807, 2.05) is 30.3 Å². The predicted octanol–water partition coefficient (Wildman–Crippen LogP) is 4.70. The number of hydrogen-bond donors (Lipinski definition) is 1. The van der Waals surface area contributed by atoms with Crippen molar-refractivity contribution < 1.29 is 22.7 Å². The van der Waals surface area contributed by atoms with Crippen molar-refractivity contribution in [2.45, 2.75) is 23.4 Å². The van der Waals surface area contributed by atoms with E-state index in [9.17, 15) is 18.0 Å². The zero-order chi connectivity index (χ0) is 16.9. The summed E-state index contributed by atoms with van der Waals surface area (Å²) in [6.07, 6.45) is -4.73. The lowest BCUT2D eigenvalue weighted by atomic mass is 10.3. The maximum absolute atomic E-state index is 12.1. The third-order valence-corrected chi connectivity index (χ3v) is 3.89. The van der Waals surface area contributed by atoms with Crippen molar-refractivity contribution in [1.82, 2.24) is 0 Å². The number of hydrogen-bond acceptors (Lipinski definition) is 3. The van der Waals surface area contributed by atoms with Gasteiger partial charge in [-0.3, -0.25) is 4.79 Å². The van der Waals surface area contributed by atoms with Crippen LogP contribution in [0.4, 0.5) is 18.9 Å². The van der Waals surface area contributed by atoms with Gasteiger partial charge >= 0.3 is 6.36 Å². The van der Waals surface area contributed by atoms with Crippen LogP contribution in [0.3, 0.4) is 0 Å². The highest BCUT2D eigenvalue weighted by molar-refractivity contribution is 8.00. The molecule has 0 unspecified atom stereocenters. The fraction of sp³-hybridized carbons (Fsp3) is 0.188. The molecular formula is C16H14F3NO2S. The molecule has 0 aliphatic carbocycles. The van der Waals surface area contributed by atoms with E-state index in [4.69, 9.17) is 0 Å². The van der Waals surface area contributed by atoms with Crippen molar-refractivity contribution in [1.29, 1.82) is 0 Å². The summed E-state index contributed by atoms with van der Waals surface area (Å²) in [5.41, 5.74) is 0.407. The number of amides is 1. The minimum Gasteiger partial charge on any atom is -0.406 e.